The van der Waals surface area contributed by atoms with Gasteiger partial charge in [-0.1, -0.05) is 25.1 Å². The Morgan fingerprint density at radius 2 is 2.12 bits per heavy atom. The molecule has 0 atom stereocenters. The van der Waals surface area contributed by atoms with Crippen LogP contribution in [0.2, 0.25) is 0 Å². The summed E-state index contributed by atoms with van der Waals surface area (Å²) < 4.78 is 1.92. The van der Waals surface area contributed by atoms with Crippen LogP contribution in [0.1, 0.15) is 18.3 Å². The van der Waals surface area contributed by atoms with Gasteiger partial charge in [0, 0.05) is 12.7 Å². The van der Waals surface area contributed by atoms with E-state index in [9.17, 15) is 0 Å². The van der Waals surface area contributed by atoms with Gasteiger partial charge in [-0.05, 0) is 18.1 Å². The Bertz CT molecular complexity index is 462. The van der Waals surface area contributed by atoms with Crippen LogP contribution in [0.3, 0.4) is 0 Å². The van der Waals surface area contributed by atoms with Crippen molar-refractivity contribution < 1.29 is 0 Å². The number of benzene rings is 1. The van der Waals surface area contributed by atoms with Crippen LogP contribution in [0.25, 0.3) is 0 Å². The molecule has 0 radical (unpaired) electrons. The first kappa shape index (κ1) is 10.7. The maximum atomic E-state index is 4.04. The van der Waals surface area contributed by atoms with E-state index in [2.05, 4.69) is 40.6 Å². The van der Waals surface area contributed by atoms with Gasteiger partial charge in [-0.2, -0.15) is 0 Å². The van der Waals surface area contributed by atoms with Crippen molar-refractivity contribution in [3.63, 3.8) is 0 Å². The molecule has 1 aromatic carbocycles. The van der Waals surface area contributed by atoms with Crippen molar-refractivity contribution in [2.24, 2.45) is 7.05 Å². The molecule has 0 aliphatic carbocycles. The summed E-state index contributed by atoms with van der Waals surface area (Å²) in [4.78, 5) is 0. The van der Waals surface area contributed by atoms with Crippen LogP contribution in [0, 0.1) is 0 Å². The van der Waals surface area contributed by atoms with Gasteiger partial charge in [-0.15, -0.1) is 10.2 Å². The lowest BCUT2D eigenvalue weighted by molar-refractivity contribution is 0.811. The predicted octanol–water partition coefficient (Wildman–Crippen LogP) is 1.99. The van der Waals surface area contributed by atoms with E-state index in [0.717, 1.165) is 12.2 Å². The molecule has 0 spiro atoms. The monoisotopic (exact) mass is 216 g/mol. The van der Waals surface area contributed by atoms with E-state index >= 15 is 0 Å². The van der Waals surface area contributed by atoms with Crippen molar-refractivity contribution in [1.29, 1.82) is 0 Å². The van der Waals surface area contributed by atoms with Gasteiger partial charge >= 0.3 is 0 Å². The van der Waals surface area contributed by atoms with Crippen LogP contribution in [0.15, 0.2) is 30.6 Å². The molecule has 1 N–H and O–H groups in total. The first-order valence-corrected chi connectivity index (χ1v) is 5.46. The van der Waals surface area contributed by atoms with Crippen LogP contribution in [-0.4, -0.2) is 14.8 Å². The zero-order valence-corrected chi connectivity index (χ0v) is 9.64. The average molecular weight is 216 g/mol. The number of nitrogens with zero attached hydrogens (tertiary/aromatic N) is 3. The molecule has 84 valence electrons. The van der Waals surface area contributed by atoms with E-state index in [0.29, 0.717) is 6.54 Å². The van der Waals surface area contributed by atoms with Crippen LogP contribution in [0.4, 0.5) is 5.69 Å². The highest BCUT2D eigenvalue weighted by Crippen LogP contribution is 2.15. The van der Waals surface area contributed by atoms with Gasteiger partial charge in [0.25, 0.3) is 0 Å². The molecule has 0 aliphatic heterocycles. The largest absolute Gasteiger partial charge is 0.378 e. The van der Waals surface area contributed by atoms with E-state index < -0.39 is 0 Å². The summed E-state index contributed by atoms with van der Waals surface area (Å²) in [5.41, 5.74) is 2.50. The molecular weight excluding hydrogens is 200 g/mol. The molecule has 0 fully saturated rings. The van der Waals surface area contributed by atoms with Gasteiger partial charge in [0.15, 0.2) is 5.82 Å². The second-order valence-corrected chi connectivity index (χ2v) is 3.72. The van der Waals surface area contributed by atoms with Crippen LogP contribution in [-0.2, 0) is 20.0 Å². The minimum atomic E-state index is 0.702. The van der Waals surface area contributed by atoms with E-state index in [4.69, 9.17) is 0 Å². The molecule has 2 aromatic rings. The van der Waals surface area contributed by atoms with Crippen LogP contribution >= 0.6 is 0 Å². The van der Waals surface area contributed by atoms with Gasteiger partial charge in [0.1, 0.15) is 6.33 Å². The Hall–Kier alpha value is -1.84. The van der Waals surface area contributed by atoms with Gasteiger partial charge in [0.2, 0.25) is 0 Å². The fraction of sp³-hybridized carbons (Fsp3) is 0.333. The molecule has 0 amide bonds. The van der Waals surface area contributed by atoms with Crippen LogP contribution < -0.4 is 5.32 Å². The van der Waals surface area contributed by atoms with Crippen molar-refractivity contribution in [1.82, 2.24) is 14.8 Å². The predicted molar refractivity (Wildman–Crippen MR) is 64.1 cm³/mol. The minimum absolute atomic E-state index is 0.702. The Kier molecular flexibility index (Phi) is 3.19. The highest BCUT2D eigenvalue weighted by molar-refractivity contribution is 5.50. The zero-order valence-electron chi connectivity index (χ0n) is 9.64. The number of rotatable bonds is 4. The SMILES string of the molecule is CCc1ccccc1NCc1nncn1C. The number of hydrogen-bond acceptors (Lipinski definition) is 3. The number of hydrogen-bond donors (Lipinski definition) is 1. The summed E-state index contributed by atoms with van der Waals surface area (Å²) in [5.74, 6) is 0.936. The summed E-state index contributed by atoms with van der Waals surface area (Å²) in [6.45, 7) is 2.86. The lowest BCUT2D eigenvalue weighted by Crippen LogP contribution is -2.07. The smallest absolute Gasteiger partial charge is 0.151 e. The number of anilines is 1. The van der Waals surface area contributed by atoms with E-state index in [1.54, 1.807) is 6.33 Å². The Balaban J connectivity index is 2.07. The van der Waals surface area contributed by atoms with Gasteiger partial charge in [-0.3, -0.25) is 0 Å². The molecule has 0 aliphatic rings. The van der Waals surface area contributed by atoms with E-state index in [1.165, 1.54) is 11.3 Å². The first-order chi connectivity index (χ1) is 7.81. The Morgan fingerprint density at radius 3 is 2.81 bits per heavy atom. The lowest BCUT2D eigenvalue weighted by Gasteiger charge is -2.09. The van der Waals surface area contributed by atoms with Gasteiger partial charge in [-0.25, -0.2) is 0 Å². The van der Waals surface area contributed by atoms with Crippen molar-refractivity contribution >= 4 is 5.69 Å². The van der Waals surface area contributed by atoms with Gasteiger partial charge in [0.05, 0.1) is 6.54 Å². The lowest BCUT2D eigenvalue weighted by atomic mass is 10.1. The topological polar surface area (TPSA) is 42.7 Å². The molecule has 2 rings (SSSR count). The molecule has 0 unspecified atom stereocenters. The molecule has 0 saturated carbocycles. The normalized spacial score (nSPS) is 10.4. The van der Waals surface area contributed by atoms with Gasteiger partial charge < -0.3 is 9.88 Å². The Morgan fingerprint density at radius 1 is 1.31 bits per heavy atom. The van der Waals surface area contributed by atoms with Crippen molar-refractivity contribution in [3.05, 3.63) is 42.0 Å². The number of nitrogens with one attached hydrogen (secondary N) is 1. The number of aryl methyl sites for hydroxylation is 2. The van der Waals surface area contributed by atoms with E-state index in [1.807, 2.05) is 17.7 Å². The molecule has 1 heterocycles. The highest BCUT2D eigenvalue weighted by Gasteiger charge is 2.02. The fourth-order valence-electron chi connectivity index (χ4n) is 1.64. The molecule has 0 bridgehead atoms. The standard InChI is InChI=1S/C12H16N4/c1-3-10-6-4-5-7-11(10)13-8-12-15-14-9-16(12)2/h4-7,9,13H,3,8H2,1-2H3. The molecule has 4 nitrogen and oxygen atoms in total. The van der Waals surface area contributed by atoms with Crippen LogP contribution in [0.5, 0.6) is 0 Å². The molecule has 4 heteroatoms. The summed E-state index contributed by atoms with van der Waals surface area (Å²) >= 11 is 0. The van der Waals surface area contributed by atoms with E-state index in [-0.39, 0.29) is 0 Å². The first-order valence-electron chi connectivity index (χ1n) is 5.46. The van der Waals surface area contributed by atoms with Crippen molar-refractivity contribution in [2.75, 3.05) is 5.32 Å². The highest BCUT2D eigenvalue weighted by atomic mass is 15.3. The molecule has 0 saturated heterocycles. The summed E-state index contributed by atoms with van der Waals surface area (Å²) in [6.07, 6.45) is 2.74. The second kappa shape index (κ2) is 4.79. The van der Waals surface area contributed by atoms with Crippen molar-refractivity contribution in [3.8, 4) is 0 Å². The number of para-hydroxylation sites is 1. The fourth-order valence-corrected chi connectivity index (χ4v) is 1.64. The maximum Gasteiger partial charge on any atom is 0.151 e. The zero-order chi connectivity index (χ0) is 11.4. The maximum absolute atomic E-state index is 4.04. The summed E-state index contributed by atoms with van der Waals surface area (Å²) in [5, 5.41) is 11.3. The summed E-state index contributed by atoms with van der Waals surface area (Å²) in [6, 6.07) is 8.33. The third-order valence-corrected chi connectivity index (χ3v) is 2.64. The molecule has 1 aromatic heterocycles. The average Bonchev–Trinajstić information content (AvgIpc) is 2.72. The van der Waals surface area contributed by atoms with Crippen molar-refractivity contribution in [2.45, 2.75) is 19.9 Å². The number of aromatic nitrogens is 3. The molecule has 16 heavy (non-hydrogen) atoms. The minimum Gasteiger partial charge on any atom is -0.378 e. The second-order valence-electron chi connectivity index (χ2n) is 3.72. The molecular formula is C12H16N4. The Labute approximate surface area is 95.3 Å². The quantitative estimate of drug-likeness (QED) is 0.850. The third kappa shape index (κ3) is 2.21. The third-order valence-electron chi connectivity index (χ3n) is 2.64. The summed E-state index contributed by atoms with van der Waals surface area (Å²) in [7, 11) is 1.95.